The molecule has 0 aliphatic heterocycles. The summed E-state index contributed by atoms with van der Waals surface area (Å²) in [4.78, 5) is 12.2. The zero-order valence-electron chi connectivity index (χ0n) is 11.0. The Labute approximate surface area is 120 Å². The van der Waals surface area contributed by atoms with Crippen molar-refractivity contribution in [3.8, 4) is 0 Å². The summed E-state index contributed by atoms with van der Waals surface area (Å²) in [5, 5.41) is 17.6. The number of thiophene rings is 1. The van der Waals surface area contributed by atoms with Crippen LogP contribution in [0.3, 0.4) is 0 Å². The summed E-state index contributed by atoms with van der Waals surface area (Å²) >= 11 is 1.67. The summed E-state index contributed by atoms with van der Waals surface area (Å²) in [5.41, 5.74) is 3.30. The van der Waals surface area contributed by atoms with Crippen LogP contribution < -0.4 is 5.32 Å². The van der Waals surface area contributed by atoms with Gasteiger partial charge in [-0.05, 0) is 53.9 Å². The van der Waals surface area contributed by atoms with E-state index in [1.54, 1.807) is 29.5 Å². The van der Waals surface area contributed by atoms with Gasteiger partial charge in [-0.2, -0.15) is 26.7 Å². The molecule has 5 nitrogen and oxygen atoms in total. The second-order valence-corrected chi connectivity index (χ2v) is 5.52. The zero-order valence-corrected chi connectivity index (χ0v) is 11.8. The van der Waals surface area contributed by atoms with E-state index in [1.807, 2.05) is 12.3 Å². The van der Waals surface area contributed by atoms with E-state index in [2.05, 4.69) is 32.2 Å². The highest BCUT2D eigenvalue weighted by molar-refractivity contribution is 7.07. The number of carbonyl (C=O) groups excluding carboxylic acids is 1. The fourth-order valence-corrected chi connectivity index (χ4v) is 2.78. The minimum absolute atomic E-state index is 0.0855. The lowest BCUT2D eigenvalue weighted by Crippen LogP contribution is -2.33. The summed E-state index contributed by atoms with van der Waals surface area (Å²) in [7, 11) is 0. The largest absolute Gasteiger partial charge is 0.349 e. The van der Waals surface area contributed by atoms with Crippen LogP contribution in [0, 0.1) is 0 Å². The first-order valence-corrected chi connectivity index (χ1v) is 7.29. The Morgan fingerprint density at radius 1 is 1.35 bits per heavy atom. The van der Waals surface area contributed by atoms with Crippen molar-refractivity contribution >= 4 is 28.3 Å². The van der Waals surface area contributed by atoms with Gasteiger partial charge in [-0.3, -0.25) is 4.79 Å². The molecule has 20 heavy (non-hydrogen) atoms. The van der Waals surface area contributed by atoms with Gasteiger partial charge in [0.05, 0.1) is 0 Å². The molecule has 0 spiro atoms. The Bertz CT molecular complexity index is 720. The van der Waals surface area contributed by atoms with E-state index in [0.29, 0.717) is 11.1 Å². The van der Waals surface area contributed by atoms with Crippen LogP contribution in [0.1, 0.15) is 22.8 Å². The van der Waals surface area contributed by atoms with Crippen LogP contribution in [0.15, 0.2) is 35.0 Å². The molecule has 0 saturated carbocycles. The fraction of sp³-hybridized carbons (Fsp3) is 0.214. The van der Waals surface area contributed by atoms with E-state index >= 15 is 0 Å². The van der Waals surface area contributed by atoms with Crippen LogP contribution in [0.5, 0.6) is 0 Å². The van der Waals surface area contributed by atoms with Gasteiger partial charge in [0, 0.05) is 11.6 Å². The predicted octanol–water partition coefficient (Wildman–Crippen LogP) is 2.38. The molecule has 2 heterocycles. The molecule has 102 valence electrons. The van der Waals surface area contributed by atoms with Gasteiger partial charge < -0.3 is 5.32 Å². The Morgan fingerprint density at radius 3 is 3.00 bits per heavy atom. The summed E-state index contributed by atoms with van der Waals surface area (Å²) in [6.07, 6.45) is 0.835. The van der Waals surface area contributed by atoms with Gasteiger partial charge in [-0.25, -0.2) is 0 Å². The maximum Gasteiger partial charge on any atom is 0.251 e. The van der Waals surface area contributed by atoms with E-state index in [9.17, 15) is 4.79 Å². The quantitative estimate of drug-likeness (QED) is 0.773. The second-order valence-electron chi connectivity index (χ2n) is 4.74. The van der Waals surface area contributed by atoms with E-state index in [4.69, 9.17) is 0 Å². The zero-order chi connectivity index (χ0) is 13.9. The van der Waals surface area contributed by atoms with Crippen molar-refractivity contribution in [1.82, 2.24) is 20.7 Å². The maximum atomic E-state index is 12.2. The maximum absolute atomic E-state index is 12.2. The molecule has 0 fully saturated rings. The van der Waals surface area contributed by atoms with Gasteiger partial charge in [0.25, 0.3) is 5.91 Å². The van der Waals surface area contributed by atoms with E-state index in [1.165, 1.54) is 5.56 Å². The van der Waals surface area contributed by atoms with Crippen molar-refractivity contribution in [3.05, 3.63) is 46.2 Å². The molecule has 1 amide bonds. The van der Waals surface area contributed by atoms with Gasteiger partial charge in [0.1, 0.15) is 11.0 Å². The third-order valence-corrected chi connectivity index (χ3v) is 3.81. The molecule has 0 aliphatic rings. The molecule has 3 aromatic rings. The fourth-order valence-electron chi connectivity index (χ4n) is 2.10. The Kier molecular flexibility index (Phi) is 3.47. The lowest BCUT2D eigenvalue weighted by Gasteiger charge is -2.13. The third-order valence-electron chi connectivity index (χ3n) is 3.08. The summed E-state index contributed by atoms with van der Waals surface area (Å²) in [6, 6.07) is 7.46. The average Bonchev–Trinajstić information content (AvgIpc) is 3.07. The highest BCUT2D eigenvalue weighted by Crippen LogP contribution is 2.12. The summed E-state index contributed by atoms with van der Waals surface area (Å²) in [5.74, 6) is -0.0855. The normalized spacial score (nSPS) is 12.4. The van der Waals surface area contributed by atoms with Crippen molar-refractivity contribution in [2.75, 3.05) is 0 Å². The molecular weight excluding hydrogens is 272 g/mol. The van der Waals surface area contributed by atoms with Crippen molar-refractivity contribution < 1.29 is 4.79 Å². The number of nitrogens with zero attached hydrogens (tertiary/aromatic N) is 2. The van der Waals surface area contributed by atoms with Gasteiger partial charge in [-0.1, -0.05) is 0 Å². The van der Waals surface area contributed by atoms with E-state index in [-0.39, 0.29) is 11.9 Å². The number of aromatic amines is 1. The van der Waals surface area contributed by atoms with Crippen molar-refractivity contribution in [1.29, 1.82) is 0 Å². The molecule has 6 heteroatoms. The highest BCUT2D eigenvalue weighted by Gasteiger charge is 2.12. The summed E-state index contributed by atoms with van der Waals surface area (Å²) < 4.78 is 0. The molecule has 0 aliphatic carbocycles. The number of carbonyl (C=O) groups is 1. The predicted molar refractivity (Wildman–Crippen MR) is 78.8 cm³/mol. The number of fused-ring (bicyclic) bond motifs is 1. The second kappa shape index (κ2) is 5.42. The molecule has 0 bridgehead atoms. The van der Waals surface area contributed by atoms with Crippen LogP contribution in [0.25, 0.3) is 11.0 Å². The molecule has 0 saturated heterocycles. The van der Waals surface area contributed by atoms with Crippen LogP contribution in [0.4, 0.5) is 0 Å². The number of H-pyrrole nitrogens is 1. The number of aromatic nitrogens is 3. The Morgan fingerprint density at radius 2 is 2.20 bits per heavy atom. The van der Waals surface area contributed by atoms with Gasteiger partial charge >= 0.3 is 0 Å². The van der Waals surface area contributed by atoms with Crippen molar-refractivity contribution in [2.24, 2.45) is 0 Å². The minimum atomic E-state index is -0.0855. The van der Waals surface area contributed by atoms with Crippen LogP contribution >= 0.6 is 11.3 Å². The Balaban J connectivity index is 1.68. The first kappa shape index (κ1) is 12.8. The average molecular weight is 286 g/mol. The molecule has 0 radical (unpaired) electrons. The van der Waals surface area contributed by atoms with Crippen LogP contribution in [-0.2, 0) is 6.42 Å². The number of hydrogen-bond donors (Lipinski definition) is 2. The summed E-state index contributed by atoms with van der Waals surface area (Å²) in [6.45, 7) is 2.00. The van der Waals surface area contributed by atoms with Crippen LogP contribution in [-0.4, -0.2) is 27.4 Å². The van der Waals surface area contributed by atoms with E-state index in [0.717, 1.165) is 11.9 Å². The highest BCUT2D eigenvalue weighted by atomic mass is 32.1. The lowest BCUT2D eigenvalue weighted by atomic mass is 10.1. The molecule has 1 aromatic carbocycles. The van der Waals surface area contributed by atoms with E-state index < -0.39 is 0 Å². The van der Waals surface area contributed by atoms with Gasteiger partial charge in [0.15, 0.2) is 0 Å². The first-order valence-electron chi connectivity index (χ1n) is 6.35. The standard InChI is InChI=1S/C14H14N4OS/c1-9(6-10-4-5-20-8-10)15-14(19)11-2-3-12-13(7-11)17-18-16-12/h2-5,7-9H,6H2,1H3,(H,15,19)(H,16,17,18)/t9-/m0/s1. The molecule has 2 aromatic heterocycles. The first-order chi connectivity index (χ1) is 9.72. The molecule has 2 N–H and O–H groups in total. The molecular formula is C14H14N4OS. The van der Waals surface area contributed by atoms with Crippen molar-refractivity contribution in [3.63, 3.8) is 0 Å². The van der Waals surface area contributed by atoms with Crippen molar-refractivity contribution in [2.45, 2.75) is 19.4 Å². The molecule has 0 unspecified atom stereocenters. The number of nitrogens with one attached hydrogen (secondary N) is 2. The number of amides is 1. The molecule has 1 atom stereocenters. The number of benzene rings is 1. The topological polar surface area (TPSA) is 70.7 Å². The third kappa shape index (κ3) is 2.70. The number of hydrogen-bond acceptors (Lipinski definition) is 4. The Hall–Kier alpha value is -2.21. The monoisotopic (exact) mass is 286 g/mol. The smallest absolute Gasteiger partial charge is 0.251 e. The minimum Gasteiger partial charge on any atom is -0.349 e. The van der Waals surface area contributed by atoms with Gasteiger partial charge in [0.2, 0.25) is 0 Å². The molecule has 3 rings (SSSR count). The lowest BCUT2D eigenvalue weighted by molar-refractivity contribution is 0.0940. The SMILES string of the molecule is C[C@@H](Cc1ccsc1)NC(=O)c1ccc2n[nH]nc2c1. The number of rotatable bonds is 4. The van der Waals surface area contributed by atoms with Crippen LogP contribution in [0.2, 0.25) is 0 Å². The van der Waals surface area contributed by atoms with Gasteiger partial charge in [-0.15, -0.1) is 0 Å².